The highest BCUT2D eigenvalue weighted by Gasteiger charge is 2.28. The zero-order valence-electron chi connectivity index (χ0n) is 16.5. The second-order valence-electron chi connectivity index (χ2n) is 7.57. The number of hydrogen-bond acceptors (Lipinski definition) is 4. The normalized spacial score (nSPS) is 17.8. The molecule has 29 heavy (non-hydrogen) atoms. The Labute approximate surface area is 174 Å². The number of aromatic nitrogens is 1. The molecular weight excluding hydrogens is 382 g/mol. The van der Waals surface area contributed by atoms with E-state index in [1.165, 1.54) is 11.6 Å². The summed E-state index contributed by atoms with van der Waals surface area (Å²) in [4.78, 5) is 31.5. The van der Waals surface area contributed by atoms with E-state index in [9.17, 15) is 9.59 Å². The molecule has 0 bridgehead atoms. The van der Waals surface area contributed by atoms with Crippen molar-refractivity contribution in [2.24, 2.45) is 0 Å². The minimum Gasteiger partial charge on any atom is -0.349 e. The summed E-state index contributed by atoms with van der Waals surface area (Å²) >= 11 is 1.73. The van der Waals surface area contributed by atoms with E-state index < -0.39 is 0 Å². The van der Waals surface area contributed by atoms with Gasteiger partial charge in [0.1, 0.15) is 0 Å². The van der Waals surface area contributed by atoms with Crippen LogP contribution in [0.25, 0.3) is 10.2 Å². The van der Waals surface area contributed by atoms with Crippen molar-refractivity contribution in [1.29, 1.82) is 0 Å². The SMILES string of the molecule is CC(=O)N[C@H](CC(=O)N1CCC[C@@H](c2nc3ccccc3s2)C1)c1ccccc1. The van der Waals surface area contributed by atoms with Crippen LogP contribution in [0.1, 0.15) is 48.7 Å². The molecule has 4 rings (SSSR count). The molecule has 1 aliphatic heterocycles. The molecule has 5 nitrogen and oxygen atoms in total. The molecule has 1 N–H and O–H groups in total. The van der Waals surface area contributed by atoms with Crippen molar-refractivity contribution >= 4 is 33.4 Å². The van der Waals surface area contributed by atoms with Gasteiger partial charge in [-0.25, -0.2) is 4.98 Å². The Hall–Kier alpha value is -2.73. The van der Waals surface area contributed by atoms with Crippen LogP contribution in [-0.4, -0.2) is 34.8 Å². The average Bonchev–Trinajstić information content (AvgIpc) is 3.18. The molecular formula is C23H25N3O2S. The Morgan fingerprint density at radius 3 is 2.69 bits per heavy atom. The Balaban J connectivity index is 1.46. The highest BCUT2D eigenvalue weighted by Crippen LogP contribution is 2.33. The number of fused-ring (bicyclic) bond motifs is 1. The molecule has 3 aromatic rings. The number of benzene rings is 2. The number of carbonyl (C=O) groups is 2. The second-order valence-corrected chi connectivity index (χ2v) is 8.63. The summed E-state index contributed by atoms with van der Waals surface area (Å²) in [6.45, 7) is 2.95. The van der Waals surface area contributed by atoms with E-state index in [0.29, 0.717) is 6.54 Å². The highest BCUT2D eigenvalue weighted by molar-refractivity contribution is 7.18. The van der Waals surface area contributed by atoms with E-state index in [2.05, 4.69) is 11.4 Å². The molecule has 150 valence electrons. The van der Waals surface area contributed by atoms with Gasteiger partial charge >= 0.3 is 0 Å². The van der Waals surface area contributed by atoms with Crippen LogP contribution in [-0.2, 0) is 9.59 Å². The van der Waals surface area contributed by atoms with Gasteiger partial charge in [0.05, 0.1) is 27.7 Å². The van der Waals surface area contributed by atoms with Crippen LogP contribution >= 0.6 is 11.3 Å². The van der Waals surface area contributed by atoms with Crippen molar-refractivity contribution in [2.45, 2.75) is 38.1 Å². The summed E-state index contributed by atoms with van der Waals surface area (Å²) in [5.74, 6) is 0.233. The molecule has 0 saturated carbocycles. The molecule has 2 amide bonds. The van der Waals surface area contributed by atoms with Crippen LogP contribution in [0.2, 0.25) is 0 Å². The largest absolute Gasteiger partial charge is 0.349 e. The number of nitrogens with zero attached hydrogens (tertiary/aromatic N) is 2. The minimum atomic E-state index is -0.302. The number of rotatable bonds is 5. The van der Waals surface area contributed by atoms with Crippen molar-refractivity contribution in [1.82, 2.24) is 15.2 Å². The molecule has 6 heteroatoms. The summed E-state index contributed by atoms with van der Waals surface area (Å²) in [6.07, 6.45) is 2.30. The third-order valence-electron chi connectivity index (χ3n) is 5.39. The van der Waals surface area contributed by atoms with E-state index in [4.69, 9.17) is 4.98 Å². The van der Waals surface area contributed by atoms with Crippen molar-refractivity contribution in [3.05, 3.63) is 65.2 Å². The first-order chi connectivity index (χ1) is 14.1. The monoisotopic (exact) mass is 407 g/mol. The van der Waals surface area contributed by atoms with E-state index in [1.54, 1.807) is 11.3 Å². The van der Waals surface area contributed by atoms with Gasteiger partial charge in [0.15, 0.2) is 0 Å². The molecule has 0 radical (unpaired) electrons. The number of piperidine rings is 1. The quantitative estimate of drug-likeness (QED) is 0.687. The van der Waals surface area contributed by atoms with Crippen molar-refractivity contribution < 1.29 is 9.59 Å². The number of likely N-dealkylation sites (tertiary alicyclic amines) is 1. The van der Waals surface area contributed by atoms with Gasteiger partial charge in [-0.15, -0.1) is 11.3 Å². The first-order valence-electron chi connectivity index (χ1n) is 10.1. The van der Waals surface area contributed by atoms with Crippen LogP contribution in [0.3, 0.4) is 0 Å². The predicted octanol–water partition coefficient (Wildman–Crippen LogP) is 4.27. The van der Waals surface area contributed by atoms with E-state index >= 15 is 0 Å². The summed E-state index contributed by atoms with van der Waals surface area (Å²) in [7, 11) is 0. The van der Waals surface area contributed by atoms with Gasteiger partial charge < -0.3 is 10.2 Å². The molecule has 2 heterocycles. The van der Waals surface area contributed by atoms with Crippen LogP contribution in [0.4, 0.5) is 0 Å². The summed E-state index contributed by atoms with van der Waals surface area (Å²) < 4.78 is 1.20. The number of para-hydroxylation sites is 1. The van der Waals surface area contributed by atoms with Crippen LogP contribution in [0.15, 0.2) is 54.6 Å². The summed E-state index contributed by atoms with van der Waals surface area (Å²) in [5, 5.41) is 4.05. The van der Waals surface area contributed by atoms with Gasteiger partial charge in [-0.2, -0.15) is 0 Å². The number of hydrogen-bond donors (Lipinski definition) is 1. The molecule has 2 aromatic carbocycles. The number of amides is 2. The van der Waals surface area contributed by atoms with Crippen molar-refractivity contribution in [2.75, 3.05) is 13.1 Å². The smallest absolute Gasteiger partial charge is 0.225 e. The average molecular weight is 408 g/mol. The van der Waals surface area contributed by atoms with Gasteiger partial charge in [-0.05, 0) is 30.5 Å². The lowest BCUT2D eigenvalue weighted by Crippen LogP contribution is -2.41. The summed E-state index contributed by atoms with van der Waals surface area (Å²) in [5.41, 5.74) is 1.99. The van der Waals surface area contributed by atoms with E-state index in [-0.39, 0.29) is 30.2 Å². The van der Waals surface area contributed by atoms with E-state index in [0.717, 1.165) is 35.5 Å². The fraction of sp³-hybridized carbons (Fsp3) is 0.348. The van der Waals surface area contributed by atoms with E-state index in [1.807, 2.05) is 53.4 Å². The molecule has 1 saturated heterocycles. The predicted molar refractivity (Wildman–Crippen MR) is 116 cm³/mol. The Bertz CT molecular complexity index is 969. The lowest BCUT2D eigenvalue weighted by molar-refractivity contribution is -0.133. The molecule has 0 aliphatic carbocycles. The number of thiazole rings is 1. The van der Waals surface area contributed by atoms with Crippen molar-refractivity contribution in [3.8, 4) is 0 Å². The fourth-order valence-corrected chi connectivity index (χ4v) is 5.05. The molecule has 1 fully saturated rings. The van der Waals surface area contributed by atoms with Gasteiger partial charge in [-0.3, -0.25) is 9.59 Å². The zero-order valence-corrected chi connectivity index (χ0v) is 17.3. The third-order valence-corrected chi connectivity index (χ3v) is 6.59. The van der Waals surface area contributed by atoms with Gasteiger partial charge in [0.25, 0.3) is 0 Å². The Morgan fingerprint density at radius 2 is 1.93 bits per heavy atom. The third kappa shape index (κ3) is 4.65. The van der Waals surface area contributed by atoms with Crippen LogP contribution < -0.4 is 5.32 Å². The second kappa shape index (κ2) is 8.74. The highest BCUT2D eigenvalue weighted by atomic mass is 32.1. The number of carbonyl (C=O) groups excluding carboxylic acids is 2. The first kappa shape index (κ1) is 19.6. The van der Waals surface area contributed by atoms with Crippen LogP contribution in [0, 0.1) is 0 Å². The van der Waals surface area contributed by atoms with Gasteiger partial charge in [0, 0.05) is 25.9 Å². The van der Waals surface area contributed by atoms with Crippen LogP contribution in [0.5, 0.6) is 0 Å². The van der Waals surface area contributed by atoms with Gasteiger partial charge in [-0.1, -0.05) is 42.5 Å². The zero-order chi connectivity index (χ0) is 20.2. The minimum absolute atomic E-state index is 0.0819. The maximum Gasteiger partial charge on any atom is 0.225 e. The maximum absolute atomic E-state index is 13.1. The molecule has 2 atom stereocenters. The number of nitrogens with one attached hydrogen (secondary N) is 1. The standard InChI is InChI=1S/C23H25N3O2S/c1-16(27)24-20(17-8-3-2-4-9-17)14-22(28)26-13-7-10-18(15-26)23-25-19-11-5-6-12-21(19)29-23/h2-6,8-9,11-12,18,20H,7,10,13-15H2,1H3,(H,24,27)/t18-,20-/m1/s1. The van der Waals surface area contributed by atoms with Crippen molar-refractivity contribution in [3.63, 3.8) is 0 Å². The lowest BCUT2D eigenvalue weighted by atomic mass is 9.97. The summed E-state index contributed by atoms with van der Waals surface area (Å²) in [6, 6.07) is 17.6. The molecule has 1 aliphatic rings. The lowest BCUT2D eigenvalue weighted by Gasteiger charge is -2.33. The maximum atomic E-state index is 13.1. The fourth-order valence-electron chi connectivity index (χ4n) is 3.96. The Kier molecular flexibility index (Phi) is 5.90. The van der Waals surface area contributed by atoms with Gasteiger partial charge in [0.2, 0.25) is 11.8 Å². The first-order valence-corrected chi connectivity index (χ1v) is 10.9. The molecule has 0 unspecified atom stereocenters. The molecule has 1 aromatic heterocycles. The topological polar surface area (TPSA) is 62.3 Å². The molecule has 0 spiro atoms. The Morgan fingerprint density at radius 1 is 1.17 bits per heavy atom.